The Morgan fingerprint density at radius 2 is 1.71 bits per heavy atom. The number of anilines is 2. The third-order valence-electron chi connectivity index (χ3n) is 3.39. The zero-order valence-electron chi connectivity index (χ0n) is 9.79. The highest BCUT2D eigenvalue weighted by Crippen LogP contribution is 2.49. The molecule has 6 heteroatoms. The molecule has 0 spiro atoms. The maximum Gasteiger partial charge on any atom is 0.234 e. The minimum atomic E-state index is -0.777. The molecule has 0 saturated carbocycles. The molecule has 3 rings (SSSR count). The van der Waals surface area contributed by atoms with Gasteiger partial charge in [-0.2, -0.15) is 0 Å². The summed E-state index contributed by atoms with van der Waals surface area (Å²) in [5.41, 5.74) is -0.0637. The third kappa shape index (κ3) is 1.15. The summed E-state index contributed by atoms with van der Waals surface area (Å²) in [6.45, 7) is 5.23. The number of carbonyl (C=O) groups is 2. The first-order chi connectivity index (χ1) is 7.91. The van der Waals surface area contributed by atoms with Gasteiger partial charge in [0.1, 0.15) is 17.5 Å². The predicted octanol–water partition coefficient (Wildman–Crippen LogP) is 0.799. The number of nitrogens with zero attached hydrogens (tertiary/aromatic N) is 2. The summed E-state index contributed by atoms with van der Waals surface area (Å²) in [5.74, 6) is 0.648. The molecule has 3 heterocycles. The van der Waals surface area contributed by atoms with E-state index < -0.39 is 11.3 Å². The number of carbonyl (C=O) groups excluding carboxylic acids is 2. The fraction of sp³-hybridized carbons (Fsp3) is 0.455. The maximum atomic E-state index is 12.0. The Bertz CT molecular complexity index is 565. The molecule has 1 atom stereocenters. The average molecular weight is 232 g/mol. The summed E-state index contributed by atoms with van der Waals surface area (Å²) < 4.78 is 0. The van der Waals surface area contributed by atoms with Crippen molar-refractivity contribution in [3.05, 3.63) is 11.4 Å². The number of rotatable bonds is 0. The average Bonchev–Trinajstić information content (AvgIpc) is 2.52. The molecule has 2 N–H and O–H groups in total. The number of aryl methyl sites for hydroxylation is 1. The highest BCUT2D eigenvalue weighted by Gasteiger charge is 2.52. The lowest BCUT2D eigenvalue weighted by Crippen LogP contribution is -2.43. The van der Waals surface area contributed by atoms with Gasteiger partial charge in [-0.05, 0) is 20.8 Å². The highest BCUT2D eigenvalue weighted by atomic mass is 16.2. The molecule has 1 unspecified atom stereocenters. The maximum absolute atomic E-state index is 12.0. The van der Waals surface area contributed by atoms with Gasteiger partial charge in [-0.15, -0.1) is 0 Å². The fourth-order valence-corrected chi connectivity index (χ4v) is 2.45. The second kappa shape index (κ2) is 2.82. The lowest BCUT2D eigenvalue weighted by atomic mass is 9.73. The van der Waals surface area contributed by atoms with E-state index in [2.05, 4.69) is 20.6 Å². The van der Waals surface area contributed by atoms with E-state index >= 15 is 0 Å². The number of hydrogen-bond acceptors (Lipinski definition) is 4. The molecule has 0 aliphatic carbocycles. The normalized spacial score (nSPS) is 24.1. The van der Waals surface area contributed by atoms with Gasteiger partial charge in [-0.1, -0.05) is 0 Å². The van der Waals surface area contributed by atoms with E-state index in [1.807, 2.05) is 0 Å². The SMILES string of the molecule is Cc1nc2c3c(n1)NC(=O)C(C)(C)C3C(=O)N2. The van der Waals surface area contributed by atoms with Gasteiger partial charge in [0.25, 0.3) is 0 Å². The van der Waals surface area contributed by atoms with E-state index in [9.17, 15) is 9.59 Å². The monoisotopic (exact) mass is 232 g/mol. The van der Waals surface area contributed by atoms with Gasteiger partial charge in [0.15, 0.2) is 0 Å². The molecule has 2 amide bonds. The van der Waals surface area contributed by atoms with Crippen LogP contribution in [-0.4, -0.2) is 21.8 Å². The second-order valence-corrected chi connectivity index (χ2v) is 4.98. The summed E-state index contributed by atoms with van der Waals surface area (Å²) in [4.78, 5) is 32.3. The first-order valence-electron chi connectivity index (χ1n) is 5.42. The molecule has 1 aromatic rings. The number of hydrogen-bond donors (Lipinski definition) is 2. The highest BCUT2D eigenvalue weighted by molar-refractivity contribution is 6.12. The molecular weight excluding hydrogens is 220 g/mol. The van der Waals surface area contributed by atoms with Crippen molar-refractivity contribution >= 4 is 23.5 Å². The molecule has 6 nitrogen and oxygen atoms in total. The van der Waals surface area contributed by atoms with Gasteiger partial charge in [-0.3, -0.25) is 9.59 Å². The smallest absolute Gasteiger partial charge is 0.234 e. The van der Waals surface area contributed by atoms with Crippen molar-refractivity contribution in [3.8, 4) is 0 Å². The minimum Gasteiger partial charge on any atom is -0.310 e. The van der Waals surface area contributed by atoms with E-state index in [-0.39, 0.29) is 11.8 Å². The molecule has 0 radical (unpaired) electrons. The molecule has 0 bridgehead atoms. The largest absolute Gasteiger partial charge is 0.310 e. The summed E-state index contributed by atoms with van der Waals surface area (Å²) in [5, 5.41) is 5.45. The molecule has 2 aliphatic rings. The Kier molecular flexibility index (Phi) is 1.69. The molecule has 0 fully saturated rings. The Morgan fingerprint density at radius 1 is 1.12 bits per heavy atom. The molecule has 1 aromatic heterocycles. The number of aromatic nitrogens is 2. The van der Waals surface area contributed by atoms with Crippen molar-refractivity contribution in [2.75, 3.05) is 10.6 Å². The van der Waals surface area contributed by atoms with E-state index in [1.165, 1.54) is 0 Å². The molecule has 0 aromatic carbocycles. The molecule has 0 saturated heterocycles. The Hall–Kier alpha value is -1.98. The molecular formula is C11H12N4O2. The van der Waals surface area contributed by atoms with E-state index in [4.69, 9.17) is 0 Å². The first-order valence-corrected chi connectivity index (χ1v) is 5.42. The predicted molar refractivity (Wildman–Crippen MR) is 60.6 cm³/mol. The summed E-state index contributed by atoms with van der Waals surface area (Å²) in [6.07, 6.45) is 0. The van der Waals surface area contributed by atoms with Gasteiger partial charge >= 0.3 is 0 Å². The standard InChI is InChI=1S/C11H12N4O2/c1-4-12-7-5-6(9(16)14-7)11(2,3)10(17)15-8(5)13-4/h6H,1-3H3,(H2,12,13,14,15,16,17). The molecule has 88 valence electrons. The van der Waals surface area contributed by atoms with E-state index in [0.717, 1.165) is 0 Å². The van der Waals surface area contributed by atoms with Crippen LogP contribution in [0.3, 0.4) is 0 Å². The number of amides is 2. The van der Waals surface area contributed by atoms with Crippen LogP contribution in [0.1, 0.15) is 31.2 Å². The van der Waals surface area contributed by atoms with Crippen molar-refractivity contribution in [2.45, 2.75) is 26.7 Å². The Morgan fingerprint density at radius 3 is 2.35 bits per heavy atom. The van der Waals surface area contributed by atoms with Gasteiger partial charge in [0, 0.05) is 0 Å². The Labute approximate surface area is 97.8 Å². The van der Waals surface area contributed by atoms with Gasteiger partial charge in [0.2, 0.25) is 11.8 Å². The number of nitrogens with one attached hydrogen (secondary N) is 2. The van der Waals surface area contributed by atoms with Crippen molar-refractivity contribution in [2.24, 2.45) is 5.41 Å². The van der Waals surface area contributed by atoms with Gasteiger partial charge in [0.05, 0.1) is 16.9 Å². The van der Waals surface area contributed by atoms with Crippen LogP contribution in [0.25, 0.3) is 0 Å². The van der Waals surface area contributed by atoms with Gasteiger partial charge in [-0.25, -0.2) is 9.97 Å². The quantitative estimate of drug-likeness (QED) is 0.693. The van der Waals surface area contributed by atoms with Crippen molar-refractivity contribution in [1.29, 1.82) is 0 Å². The lowest BCUT2D eigenvalue weighted by molar-refractivity contribution is -0.131. The second-order valence-electron chi connectivity index (χ2n) is 4.98. The van der Waals surface area contributed by atoms with Crippen LogP contribution in [0, 0.1) is 12.3 Å². The van der Waals surface area contributed by atoms with Crippen LogP contribution in [0.4, 0.5) is 11.6 Å². The van der Waals surface area contributed by atoms with E-state index in [1.54, 1.807) is 20.8 Å². The van der Waals surface area contributed by atoms with Crippen molar-refractivity contribution < 1.29 is 9.59 Å². The van der Waals surface area contributed by atoms with Crippen LogP contribution in [0.15, 0.2) is 0 Å². The zero-order valence-corrected chi connectivity index (χ0v) is 9.79. The van der Waals surface area contributed by atoms with Crippen LogP contribution >= 0.6 is 0 Å². The van der Waals surface area contributed by atoms with Crippen LogP contribution in [0.5, 0.6) is 0 Å². The topological polar surface area (TPSA) is 84.0 Å². The lowest BCUT2D eigenvalue weighted by Gasteiger charge is -2.33. The summed E-state index contributed by atoms with van der Waals surface area (Å²) >= 11 is 0. The van der Waals surface area contributed by atoms with Gasteiger partial charge < -0.3 is 10.6 Å². The molecule has 2 aliphatic heterocycles. The van der Waals surface area contributed by atoms with Crippen molar-refractivity contribution in [3.63, 3.8) is 0 Å². The van der Waals surface area contributed by atoms with Crippen LogP contribution in [0.2, 0.25) is 0 Å². The molecule has 17 heavy (non-hydrogen) atoms. The summed E-state index contributed by atoms with van der Waals surface area (Å²) in [6, 6.07) is 0. The van der Waals surface area contributed by atoms with Crippen LogP contribution in [-0.2, 0) is 9.59 Å². The fourth-order valence-electron chi connectivity index (χ4n) is 2.45. The third-order valence-corrected chi connectivity index (χ3v) is 3.39. The van der Waals surface area contributed by atoms with Crippen LogP contribution < -0.4 is 10.6 Å². The first kappa shape index (κ1) is 10.2. The Balaban J connectivity index is 2.31. The summed E-state index contributed by atoms with van der Waals surface area (Å²) in [7, 11) is 0. The minimum absolute atomic E-state index is 0.180. The zero-order chi connectivity index (χ0) is 12.4. The van der Waals surface area contributed by atoms with E-state index in [0.29, 0.717) is 23.0 Å². The van der Waals surface area contributed by atoms with Crippen molar-refractivity contribution in [1.82, 2.24) is 9.97 Å².